The predicted molar refractivity (Wildman–Crippen MR) is 105 cm³/mol. The molecule has 1 saturated heterocycles. The lowest BCUT2D eigenvalue weighted by atomic mass is 10.0. The van der Waals surface area contributed by atoms with Crippen LogP contribution in [0.4, 0.5) is 4.39 Å². The summed E-state index contributed by atoms with van der Waals surface area (Å²) in [4.78, 5) is 15.3. The van der Waals surface area contributed by atoms with E-state index in [1.807, 2.05) is 23.1 Å². The molecular formula is C21H24FNO3S. The minimum Gasteiger partial charge on any atom is -0.497 e. The number of likely N-dealkylation sites (tertiary alicyclic amines) is 1. The van der Waals surface area contributed by atoms with Gasteiger partial charge in [0, 0.05) is 35.2 Å². The van der Waals surface area contributed by atoms with Crippen molar-refractivity contribution in [3.63, 3.8) is 0 Å². The fourth-order valence-electron chi connectivity index (χ4n) is 3.44. The van der Waals surface area contributed by atoms with E-state index in [9.17, 15) is 9.18 Å². The summed E-state index contributed by atoms with van der Waals surface area (Å²) in [5, 5.41) is 0. The molecule has 0 bridgehead atoms. The van der Waals surface area contributed by atoms with Crippen LogP contribution in [0.25, 0.3) is 0 Å². The van der Waals surface area contributed by atoms with Crippen molar-refractivity contribution < 1.29 is 18.7 Å². The number of carbonyl (C=O) groups excluding carboxylic acids is 1. The van der Waals surface area contributed by atoms with Crippen molar-refractivity contribution in [2.45, 2.75) is 30.2 Å². The number of thioether (sulfide) groups is 1. The van der Waals surface area contributed by atoms with Gasteiger partial charge in [-0.3, -0.25) is 4.79 Å². The maximum atomic E-state index is 13.7. The number of halogens is 1. The highest BCUT2D eigenvalue weighted by Crippen LogP contribution is 2.39. The van der Waals surface area contributed by atoms with Crippen LogP contribution in [0.15, 0.2) is 47.4 Å². The summed E-state index contributed by atoms with van der Waals surface area (Å²) in [7, 11) is 3.25. The van der Waals surface area contributed by atoms with Gasteiger partial charge in [-0.1, -0.05) is 12.1 Å². The standard InChI is InChI=1S/C21H24FNO3S/c1-25-15-9-10-16(19(14-15)26-2)18-7-5-12-23(18)21(24)11-13-27-20-8-4-3-6-17(20)22/h3-4,6,8-10,14,18H,5,7,11-13H2,1-2H3/t18-/m0/s1. The van der Waals surface area contributed by atoms with Gasteiger partial charge in [-0.25, -0.2) is 4.39 Å². The second-order valence-corrected chi connectivity index (χ2v) is 7.52. The molecule has 2 aromatic rings. The number of rotatable bonds is 7. The van der Waals surface area contributed by atoms with Crippen molar-refractivity contribution in [1.82, 2.24) is 4.90 Å². The van der Waals surface area contributed by atoms with Gasteiger partial charge in [0.05, 0.1) is 20.3 Å². The molecule has 144 valence electrons. The third kappa shape index (κ3) is 4.56. The number of carbonyl (C=O) groups is 1. The smallest absolute Gasteiger partial charge is 0.223 e. The first kappa shape index (κ1) is 19.5. The number of hydrogen-bond donors (Lipinski definition) is 0. The van der Waals surface area contributed by atoms with Crippen LogP contribution < -0.4 is 9.47 Å². The predicted octanol–water partition coefficient (Wildman–Crippen LogP) is 4.69. The molecule has 1 fully saturated rings. The lowest BCUT2D eigenvalue weighted by Crippen LogP contribution is -2.31. The average molecular weight is 389 g/mol. The van der Waals surface area contributed by atoms with Crippen LogP contribution >= 0.6 is 11.8 Å². The van der Waals surface area contributed by atoms with Crippen molar-refractivity contribution in [2.75, 3.05) is 26.5 Å². The Morgan fingerprint density at radius 1 is 1.22 bits per heavy atom. The Kier molecular flexibility index (Phi) is 6.61. The van der Waals surface area contributed by atoms with E-state index in [4.69, 9.17) is 9.47 Å². The van der Waals surface area contributed by atoms with E-state index >= 15 is 0 Å². The molecule has 0 unspecified atom stereocenters. The minimum absolute atomic E-state index is 0.0109. The summed E-state index contributed by atoms with van der Waals surface area (Å²) in [6, 6.07) is 12.4. The average Bonchev–Trinajstić information content (AvgIpc) is 3.18. The van der Waals surface area contributed by atoms with Gasteiger partial charge in [-0.05, 0) is 37.1 Å². The molecule has 1 amide bonds. The van der Waals surface area contributed by atoms with E-state index in [0.29, 0.717) is 17.1 Å². The first-order valence-electron chi connectivity index (χ1n) is 9.02. The van der Waals surface area contributed by atoms with Crippen LogP contribution in [0.2, 0.25) is 0 Å². The molecule has 1 atom stereocenters. The molecule has 27 heavy (non-hydrogen) atoms. The van der Waals surface area contributed by atoms with Crippen molar-refractivity contribution in [3.8, 4) is 11.5 Å². The molecule has 0 radical (unpaired) electrons. The molecule has 2 aromatic carbocycles. The summed E-state index contributed by atoms with van der Waals surface area (Å²) in [5.41, 5.74) is 1.01. The van der Waals surface area contributed by atoms with Crippen molar-refractivity contribution >= 4 is 17.7 Å². The largest absolute Gasteiger partial charge is 0.497 e. The number of methoxy groups -OCH3 is 2. The Hall–Kier alpha value is -2.21. The van der Waals surface area contributed by atoms with E-state index in [0.717, 1.165) is 36.4 Å². The lowest BCUT2D eigenvalue weighted by Gasteiger charge is -2.26. The van der Waals surface area contributed by atoms with E-state index in [2.05, 4.69) is 0 Å². The van der Waals surface area contributed by atoms with Gasteiger partial charge < -0.3 is 14.4 Å². The molecule has 0 aromatic heterocycles. The first-order chi connectivity index (χ1) is 13.1. The molecule has 6 heteroatoms. The van der Waals surface area contributed by atoms with Crippen LogP contribution in [0, 0.1) is 5.82 Å². The molecule has 0 spiro atoms. The van der Waals surface area contributed by atoms with Crippen LogP contribution in [-0.2, 0) is 4.79 Å². The summed E-state index contributed by atoms with van der Waals surface area (Å²) >= 11 is 1.38. The van der Waals surface area contributed by atoms with Crippen molar-refractivity contribution in [2.24, 2.45) is 0 Å². The van der Waals surface area contributed by atoms with Gasteiger partial charge in [-0.2, -0.15) is 0 Å². The number of amides is 1. The molecule has 0 aliphatic carbocycles. The molecule has 3 rings (SSSR count). The fourth-order valence-corrected chi connectivity index (χ4v) is 4.31. The maximum Gasteiger partial charge on any atom is 0.223 e. The Bertz CT molecular complexity index is 799. The van der Waals surface area contributed by atoms with Gasteiger partial charge in [-0.15, -0.1) is 11.8 Å². The molecule has 4 nitrogen and oxygen atoms in total. The Morgan fingerprint density at radius 2 is 2.04 bits per heavy atom. The highest BCUT2D eigenvalue weighted by atomic mass is 32.2. The van der Waals surface area contributed by atoms with Gasteiger partial charge in [0.15, 0.2) is 0 Å². The molecule has 1 aliphatic heterocycles. The number of nitrogens with zero attached hydrogens (tertiary/aromatic N) is 1. The lowest BCUT2D eigenvalue weighted by molar-refractivity contribution is -0.131. The Morgan fingerprint density at radius 3 is 2.78 bits per heavy atom. The summed E-state index contributed by atoms with van der Waals surface area (Å²) in [6.45, 7) is 0.739. The number of hydrogen-bond acceptors (Lipinski definition) is 4. The van der Waals surface area contributed by atoms with Gasteiger partial charge in [0.2, 0.25) is 5.91 Å². The zero-order valence-electron chi connectivity index (χ0n) is 15.6. The fraction of sp³-hybridized carbons (Fsp3) is 0.381. The Balaban J connectivity index is 1.65. The van der Waals surface area contributed by atoms with Crippen LogP contribution in [0.1, 0.15) is 30.9 Å². The monoisotopic (exact) mass is 389 g/mol. The summed E-state index contributed by atoms with van der Waals surface area (Å²) in [6.07, 6.45) is 2.26. The summed E-state index contributed by atoms with van der Waals surface area (Å²) in [5.74, 6) is 1.88. The highest BCUT2D eigenvalue weighted by Gasteiger charge is 2.31. The SMILES string of the molecule is COc1ccc([C@@H]2CCCN2C(=O)CCSc2ccccc2F)c(OC)c1. The molecular weight excluding hydrogens is 365 g/mol. The number of ether oxygens (including phenoxy) is 2. The minimum atomic E-state index is -0.239. The topological polar surface area (TPSA) is 38.8 Å². The van der Waals surface area contributed by atoms with Gasteiger partial charge in [0.25, 0.3) is 0 Å². The summed E-state index contributed by atoms with van der Waals surface area (Å²) < 4.78 is 24.5. The van der Waals surface area contributed by atoms with Crippen molar-refractivity contribution in [3.05, 3.63) is 53.8 Å². The van der Waals surface area contributed by atoms with Gasteiger partial charge in [0.1, 0.15) is 17.3 Å². The van der Waals surface area contributed by atoms with Crippen LogP contribution in [0.3, 0.4) is 0 Å². The molecule has 1 aliphatic rings. The third-order valence-corrected chi connectivity index (χ3v) is 5.83. The Labute approximate surface area is 163 Å². The van der Waals surface area contributed by atoms with E-state index in [1.54, 1.807) is 32.4 Å². The van der Waals surface area contributed by atoms with E-state index < -0.39 is 0 Å². The quantitative estimate of drug-likeness (QED) is 0.644. The third-order valence-electron chi connectivity index (χ3n) is 4.78. The molecule has 1 heterocycles. The van der Waals surface area contributed by atoms with Crippen molar-refractivity contribution in [1.29, 1.82) is 0 Å². The van der Waals surface area contributed by atoms with Gasteiger partial charge >= 0.3 is 0 Å². The zero-order chi connectivity index (χ0) is 19.2. The first-order valence-corrected chi connectivity index (χ1v) is 10.0. The van der Waals surface area contributed by atoms with Crippen LogP contribution in [0.5, 0.6) is 11.5 Å². The second-order valence-electron chi connectivity index (χ2n) is 6.38. The van der Waals surface area contributed by atoms with Crippen LogP contribution in [-0.4, -0.2) is 37.3 Å². The molecule has 0 saturated carbocycles. The normalized spacial score (nSPS) is 16.4. The van der Waals surface area contributed by atoms with E-state index in [1.165, 1.54) is 17.8 Å². The second kappa shape index (κ2) is 9.13. The number of benzene rings is 2. The highest BCUT2D eigenvalue weighted by molar-refractivity contribution is 7.99. The maximum absolute atomic E-state index is 13.7. The zero-order valence-corrected chi connectivity index (χ0v) is 16.4. The molecule has 0 N–H and O–H groups in total. The van der Waals surface area contributed by atoms with E-state index in [-0.39, 0.29) is 17.8 Å².